The highest BCUT2D eigenvalue weighted by atomic mass is 16.5. The molecular formula is C18H19NO3. The summed E-state index contributed by atoms with van der Waals surface area (Å²) >= 11 is 0. The number of phenolic OH excluding ortho intramolecular Hbond substituents is 1. The highest BCUT2D eigenvalue weighted by Gasteiger charge is 2.27. The van der Waals surface area contributed by atoms with Crippen molar-refractivity contribution in [1.29, 1.82) is 0 Å². The van der Waals surface area contributed by atoms with Gasteiger partial charge in [0, 0.05) is 18.7 Å². The molecule has 4 nitrogen and oxygen atoms in total. The van der Waals surface area contributed by atoms with Crippen molar-refractivity contribution in [2.75, 3.05) is 18.1 Å². The molecule has 0 saturated heterocycles. The average molecular weight is 297 g/mol. The third-order valence-corrected chi connectivity index (χ3v) is 4.15. The van der Waals surface area contributed by atoms with E-state index in [4.69, 9.17) is 4.74 Å². The highest BCUT2D eigenvalue weighted by molar-refractivity contribution is 5.53. The van der Waals surface area contributed by atoms with E-state index in [2.05, 4.69) is 17.0 Å². The van der Waals surface area contributed by atoms with Crippen LogP contribution in [0.3, 0.4) is 0 Å². The fourth-order valence-electron chi connectivity index (χ4n) is 3.15. The van der Waals surface area contributed by atoms with Gasteiger partial charge in [0.2, 0.25) is 0 Å². The molecule has 0 radical (unpaired) electrons. The second-order valence-corrected chi connectivity index (χ2v) is 5.43. The predicted octanol–water partition coefficient (Wildman–Crippen LogP) is 3.06. The van der Waals surface area contributed by atoms with E-state index in [0.717, 1.165) is 24.2 Å². The van der Waals surface area contributed by atoms with E-state index in [9.17, 15) is 9.90 Å². The number of hydrogen-bond acceptors (Lipinski definition) is 4. The number of rotatable bonds is 5. The maximum atomic E-state index is 10.4. The first-order valence-corrected chi connectivity index (χ1v) is 7.48. The van der Waals surface area contributed by atoms with Gasteiger partial charge >= 0.3 is 0 Å². The molecule has 0 unspecified atom stereocenters. The number of carbonyl (C=O) groups is 1. The lowest BCUT2D eigenvalue weighted by Gasteiger charge is -2.39. The molecule has 0 spiro atoms. The average Bonchev–Trinajstić information content (AvgIpc) is 2.56. The molecule has 0 aliphatic carbocycles. The van der Waals surface area contributed by atoms with Crippen LogP contribution in [0.4, 0.5) is 5.69 Å². The number of carbonyl (C=O) groups excluding carboxylic acids is 1. The van der Waals surface area contributed by atoms with Crippen molar-refractivity contribution in [3.05, 3.63) is 59.7 Å². The summed E-state index contributed by atoms with van der Waals surface area (Å²) in [6.45, 7) is 1.76. The second kappa shape index (κ2) is 6.52. The third kappa shape index (κ3) is 2.91. The number of anilines is 1. The molecule has 114 valence electrons. The molecule has 1 aliphatic rings. The minimum Gasteiger partial charge on any atom is -0.508 e. The summed E-state index contributed by atoms with van der Waals surface area (Å²) in [5.41, 5.74) is 3.51. The van der Waals surface area contributed by atoms with Gasteiger partial charge < -0.3 is 14.7 Å². The number of hydrogen-bond donors (Lipinski definition) is 1. The Morgan fingerprint density at radius 1 is 1.23 bits per heavy atom. The van der Waals surface area contributed by atoms with Crippen LogP contribution in [0.25, 0.3) is 0 Å². The molecule has 0 amide bonds. The summed E-state index contributed by atoms with van der Waals surface area (Å²) in [6, 6.07) is 15.9. The Kier molecular flexibility index (Phi) is 4.28. The van der Waals surface area contributed by atoms with Gasteiger partial charge in [0.05, 0.1) is 12.6 Å². The SMILES string of the molecule is O=COCC[C@H]1c2cc(O)ccc2CCN1c1ccccc1. The van der Waals surface area contributed by atoms with Gasteiger partial charge in [-0.1, -0.05) is 24.3 Å². The quantitative estimate of drug-likeness (QED) is 0.680. The monoisotopic (exact) mass is 297 g/mol. The van der Waals surface area contributed by atoms with Gasteiger partial charge in [-0.05, 0) is 41.8 Å². The summed E-state index contributed by atoms with van der Waals surface area (Å²) in [6.07, 6.45) is 1.64. The number of phenols is 1. The van der Waals surface area contributed by atoms with Gasteiger partial charge in [0.15, 0.2) is 0 Å². The molecule has 0 aromatic heterocycles. The van der Waals surface area contributed by atoms with E-state index >= 15 is 0 Å². The minimum atomic E-state index is 0.0956. The van der Waals surface area contributed by atoms with Crippen LogP contribution in [0.5, 0.6) is 5.75 Å². The topological polar surface area (TPSA) is 49.8 Å². The molecule has 2 aromatic carbocycles. The van der Waals surface area contributed by atoms with E-state index in [1.54, 1.807) is 6.07 Å². The summed E-state index contributed by atoms with van der Waals surface area (Å²) in [4.78, 5) is 12.7. The first-order chi connectivity index (χ1) is 10.8. The molecule has 3 rings (SSSR count). The maximum Gasteiger partial charge on any atom is 0.293 e. The number of fused-ring (bicyclic) bond motifs is 1. The zero-order chi connectivity index (χ0) is 15.4. The number of nitrogens with zero attached hydrogens (tertiary/aromatic N) is 1. The van der Waals surface area contributed by atoms with Crippen molar-refractivity contribution in [2.45, 2.75) is 18.9 Å². The smallest absolute Gasteiger partial charge is 0.293 e. The number of ether oxygens (including phenoxy) is 1. The lowest BCUT2D eigenvalue weighted by atomic mass is 9.90. The molecule has 4 heteroatoms. The summed E-state index contributed by atoms with van der Waals surface area (Å²) in [5, 5.41) is 9.83. The van der Waals surface area contributed by atoms with Crippen LogP contribution in [0.1, 0.15) is 23.6 Å². The van der Waals surface area contributed by atoms with Gasteiger partial charge in [-0.15, -0.1) is 0 Å². The van der Waals surface area contributed by atoms with Gasteiger partial charge in [0.1, 0.15) is 5.75 Å². The Morgan fingerprint density at radius 2 is 2.05 bits per heavy atom. The standard InChI is InChI=1S/C18H19NO3/c20-13-22-11-9-18-17-12-16(21)7-6-14(17)8-10-19(18)15-4-2-1-3-5-15/h1-7,12-13,18,21H,8-11H2/t18-/m0/s1. The Bertz CT molecular complexity index is 642. The van der Waals surface area contributed by atoms with E-state index in [1.807, 2.05) is 30.3 Å². The van der Waals surface area contributed by atoms with Crippen LogP contribution < -0.4 is 4.90 Å². The van der Waals surface area contributed by atoms with Crippen molar-refractivity contribution in [3.63, 3.8) is 0 Å². The predicted molar refractivity (Wildman–Crippen MR) is 85.0 cm³/mol. The lowest BCUT2D eigenvalue weighted by Crippen LogP contribution is -2.36. The zero-order valence-corrected chi connectivity index (χ0v) is 12.3. The van der Waals surface area contributed by atoms with Crippen molar-refractivity contribution >= 4 is 12.2 Å². The molecule has 1 aliphatic heterocycles. The minimum absolute atomic E-state index is 0.0956. The molecule has 0 fully saturated rings. The molecule has 2 aromatic rings. The van der Waals surface area contributed by atoms with Crippen molar-refractivity contribution in [1.82, 2.24) is 0 Å². The second-order valence-electron chi connectivity index (χ2n) is 5.43. The fraction of sp³-hybridized carbons (Fsp3) is 0.278. The van der Waals surface area contributed by atoms with E-state index in [0.29, 0.717) is 19.5 Å². The molecule has 1 atom stereocenters. The van der Waals surface area contributed by atoms with Crippen molar-refractivity contribution < 1.29 is 14.6 Å². The van der Waals surface area contributed by atoms with Gasteiger partial charge in [-0.3, -0.25) is 4.79 Å². The van der Waals surface area contributed by atoms with Crippen LogP contribution in [0.2, 0.25) is 0 Å². The van der Waals surface area contributed by atoms with E-state index in [1.165, 1.54) is 5.56 Å². The van der Waals surface area contributed by atoms with Crippen LogP contribution in [-0.2, 0) is 16.0 Å². The fourth-order valence-corrected chi connectivity index (χ4v) is 3.15. The van der Waals surface area contributed by atoms with Crippen molar-refractivity contribution in [3.8, 4) is 5.75 Å². The zero-order valence-electron chi connectivity index (χ0n) is 12.3. The number of benzene rings is 2. The lowest BCUT2D eigenvalue weighted by molar-refractivity contribution is -0.128. The first-order valence-electron chi connectivity index (χ1n) is 7.48. The highest BCUT2D eigenvalue weighted by Crippen LogP contribution is 2.37. The Hall–Kier alpha value is -2.49. The third-order valence-electron chi connectivity index (χ3n) is 4.15. The maximum absolute atomic E-state index is 10.4. The molecule has 1 heterocycles. The molecule has 1 N–H and O–H groups in total. The van der Waals surface area contributed by atoms with Gasteiger partial charge in [0.25, 0.3) is 6.47 Å². The molecule has 0 saturated carbocycles. The van der Waals surface area contributed by atoms with E-state index in [-0.39, 0.29) is 11.8 Å². The van der Waals surface area contributed by atoms with Crippen LogP contribution in [-0.4, -0.2) is 24.7 Å². The largest absolute Gasteiger partial charge is 0.508 e. The first kappa shape index (κ1) is 14.4. The van der Waals surface area contributed by atoms with Gasteiger partial charge in [-0.25, -0.2) is 0 Å². The summed E-state index contributed by atoms with van der Waals surface area (Å²) < 4.78 is 4.90. The number of para-hydroxylation sites is 1. The van der Waals surface area contributed by atoms with Gasteiger partial charge in [-0.2, -0.15) is 0 Å². The van der Waals surface area contributed by atoms with E-state index < -0.39 is 0 Å². The Morgan fingerprint density at radius 3 is 2.82 bits per heavy atom. The van der Waals surface area contributed by atoms with Crippen LogP contribution >= 0.6 is 0 Å². The molecule has 22 heavy (non-hydrogen) atoms. The Labute approximate surface area is 130 Å². The molecular weight excluding hydrogens is 278 g/mol. The molecule has 0 bridgehead atoms. The van der Waals surface area contributed by atoms with Crippen LogP contribution in [0, 0.1) is 0 Å². The van der Waals surface area contributed by atoms with Crippen LogP contribution in [0.15, 0.2) is 48.5 Å². The number of aromatic hydroxyl groups is 1. The summed E-state index contributed by atoms with van der Waals surface area (Å²) in [7, 11) is 0. The summed E-state index contributed by atoms with van der Waals surface area (Å²) in [5.74, 6) is 0.273. The normalized spacial score (nSPS) is 16.9. The van der Waals surface area contributed by atoms with Crippen molar-refractivity contribution in [2.24, 2.45) is 0 Å². The Balaban J connectivity index is 1.94.